The molecule has 116 valence electrons. The van der Waals surface area contributed by atoms with E-state index in [0.717, 1.165) is 6.21 Å². The predicted octanol–water partition coefficient (Wildman–Crippen LogP) is 1.52. The van der Waals surface area contributed by atoms with Gasteiger partial charge in [-0.15, -0.1) is 0 Å². The zero-order valence-corrected chi connectivity index (χ0v) is 13.2. The first kappa shape index (κ1) is 17.0. The Kier molecular flexibility index (Phi) is 5.79. The molecule has 0 amide bonds. The Balaban J connectivity index is 3.02. The number of carbonyl (C=O) groups excluding carboxylic acids is 1. The number of methoxy groups -OCH3 is 2. The summed E-state index contributed by atoms with van der Waals surface area (Å²) >= 11 is 0. The van der Waals surface area contributed by atoms with E-state index >= 15 is 0 Å². The topological polar surface area (TPSA) is 96.7 Å². The van der Waals surface area contributed by atoms with E-state index in [1.165, 1.54) is 0 Å². The fourth-order valence-corrected chi connectivity index (χ4v) is 2.21. The molecule has 0 bridgehead atoms. The molecule has 0 radical (unpaired) electrons. The van der Waals surface area contributed by atoms with Crippen LogP contribution in [0.15, 0.2) is 9.98 Å². The minimum absolute atomic E-state index is 0.176. The molecule has 0 aromatic carbocycles. The molecule has 7 heteroatoms. The Morgan fingerprint density at radius 3 is 2.62 bits per heavy atom. The molecule has 0 aliphatic carbocycles. The van der Waals surface area contributed by atoms with Crippen LogP contribution in [-0.2, 0) is 14.3 Å². The average Bonchev–Trinajstić information content (AvgIpc) is 2.44. The van der Waals surface area contributed by atoms with Gasteiger partial charge >= 0.3 is 6.21 Å². The lowest BCUT2D eigenvalue weighted by Crippen LogP contribution is -2.44. The van der Waals surface area contributed by atoms with Crippen LogP contribution in [0.3, 0.4) is 0 Å². The molecule has 1 aliphatic heterocycles. The highest BCUT2D eigenvalue weighted by atomic mass is 16.5. The van der Waals surface area contributed by atoms with Crippen LogP contribution in [-0.4, -0.2) is 54.4 Å². The SMILES string of the molecule is COC1=N[C@@](C)(CCC(=O)C=[N+]=[N-])C(OC)=N[C@@H]1C(C)C. The number of nitrogens with zero attached hydrogens (tertiary/aromatic N) is 4. The number of ketones is 1. The molecule has 0 aromatic heterocycles. The maximum absolute atomic E-state index is 11.5. The highest BCUT2D eigenvalue weighted by Gasteiger charge is 2.39. The van der Waals surface area contributed by atoms with Crippen LogP contribution in [0.25, 0.3) is 5.53 Å². The van der Waals surface area contributed by atoms with Gasteiger partial charge in [0.25, 0.3) is 0 Å². The normalized spacial score (nSPS) is 24.8. The van der Waals surface area contributed by atoms with Crippen LogP contribution in [0.5, 0.6) is 0 Å². The zero-order valence-electron chi connectivity index (χ0n) is 13.2. The van der Waals surface area contributed by atoms with E-state index in [9.17, 15) is 4.79 Å². The van der Waals surface area contributed by atoms with E-state index in [0.29, 0.717) is 18.2 Å². The molecule has 0 N–H and O–H groups in total. The van der Waals surface area contributed by atoms with Crippen LogP contribution in [0.4, 0.5) is 0 Å². The number of hydrogen-bond acceptors (Lipinski definition) is 5. The summed E-state index contributed by atoms with van der Waals surface area (Å²) in [7, 11) is 3.10. The third-order valence-corrected chi connectivity index (χ3v) is 3.42. The Morgan fingerprint density at radius 1 is 1.48 bits per heavy atom. The third-order valence-electron chi connectivity index (χ3n) is 3.42. The highest BCUT2D eigenvalue weighted by molar-refractivity contribution is 6.25. The summed E-state index contributed by atoms with van der Waals surface area (Å²) in [5.41, 5.74) is 7.61. The van der Waals surface area contributed by atoms with Gasteiger partial charge in [-0.25, -0.2) is 9.98 Å². The number of hydrogen-bond donors (Lipinski definition) is 0. The van der Waals surface area contributed by atoms with Gasteiger partial charge in [-0.3, -0.25) is 4.79 Å². The molecule has 1 heterocycles. The zero-order chi connectivity index (χ0) is 16.0. The van der Waals surface area contributed by atoms with Crippen LogP contribution < -0.4 is 0 Å². The monoisotopic (exact) mass is 294 g/mol. The van der Waals surface area contributed by atoms with Gasteiger partial charge in [0, 0.05) is 6.42 Å². The maximum Gasteiger partial charge on any atom is 0.323 e. The molecule has 0 saturated carbocycles. The summed E-state index contributed by atoms with van der Waals surface area (Å²) in [5.74, 6) is 0.961. The first-order chi connectivity index (χ1) is 9.87. The molecule has 7 nitrogen and oxygen atoms in total. The van der Waals surface area contributed by atoms with Gasteiger partial charge in [-0.2, -0.15) is 4.79 Å². The number of Topliss-reactive ketones (excluding diaryl/α,β-unsaturated/α-hetero) is 1. The molecule has 1 aliphatic rings. The molecular formula is C14H22N4O3. The van der Waals surface area contributed by atoms with Crippen molar-refractivity contribution in [2.24, 2.45) is 15.9 Å². The van der Waals surface area contributed by atoms with Crippen molar-refractivity contribution < 1.29 is 19.1 Å². The summed E-state index contributed by atoms with van der Waals surface area (Å²) < 4.78 is 10.7. The third kappa shape index (κ3) is 3.98. The molecule has 0 fully saturated rings. The fraction of sp³-hybridized carbons (Fsp3) is 0.714. The van der Waals surface area contributed by atoms with Gasteiger partial charge in [0.1, 0.15) is 11.6 Å². The largest absolute Gasteiger partial charge is 0.483 e. The van der Waals surface area contributed by atoms with Crippen molar-refractivity contribution >= 4 is 23.8 Å². The van der Waals surface area contributed by atoms with Crippen LogP contribution in [0.1, 0.15) is 33.6 Å². The lowest BCUT2D eigenvalue weighted by Gasteiger charge is -2.33. The molecule has 0 spiro atoms. The van der Waals surface area contributed by atoms with E-state index in [4.69, 9.17) is 15.0 Å². The Hall–Kier alpha value is -2.01. The smallest absolute Gasteiger partial charge is 0.323 e. The Labute approximate surface area is 124 Å². The van der Waals surface area contributed by atoms with Gasteiger partial charge in [-0.1, -0.05) is 13.8 Å². The van der Waals surface area contributed by atoms with Gasteiger partial charge in [-0.05, 0) is 19.3 Å². The fourth-order valence-electron chi connectivity index (χ4n) is 2.21. The van der Waals surface area contributed by atoms with Gasteiger partial charge < -0.3 is 15.0 Å². The minimum atomic E-state index is -0.759. The number of aliphatic imine (C=N–C) groups is 2. The molecule has 21 heavy (non-hydrogen) atoms. The summed E-state index contributed by atoms with van der Waals surface area (Å²) in [6, 6.07) is -0.187. The van der Waals surface area contributed by atoms with E-state index in [1.807, 2.05) is 20.8 Å². The summed E-state index contributed by atoms with van der Waals surface area (Å²) in [6.07, 6.45) is 1.45. The van der Waals surface area contributed by atoms with E-state index in [1.54, 1.807) is 14.2 Å². The minimum Gasteiger partial charge on any atom is -0.483 e. The molecule has 0 saturated heterocycles. The first-order valence-corrected chi connectivity index (χ1v) is 6.84. The molecule has 1 rings (SSSR count). The number of carbonyl (C=O) groups is 1. The lowest BCUT2D eigenvalue weighted by molar-refractivity contribution is -0.116. The standard InChI is InChI=1S/C14H22N4O3/c1-9(2)11-12(20-4)18-14(3,13(17-11)21-5)7-6-10(19)8-16-15/h8-9,11H,6-7H2,1-5H3/t11-,14+/m1/s1. The van der Waals surface area contributed by atoms with Crippen molar-refractivity contribution in [3.63, 3.8) is 0 Å². The van der Waals surface area contributed by atoms with E-state index in [-0.39, 0.29) is 24.2 Å². The van der Waals surface area contributed by atoms with Crippen molar-refractivity contribution in [3.8, 4) is 0 Å². The molecule has 2 atom stereocenters. The Bertz CT molecular complexity index is 506. The van der Waals surface area contributed by atoms with Crippen LogP contribution in [0, 0.1) is 5.92 Å². The van der Waals surface area contributed by atoms with Crippen LogP contribution in [0.2, 0.25) is 0 Å². The van der Waals surface area contributed by atoms with Crippen molar-refractivity contribution in [2.45, 2.75) is 45.2 Å². The van der Waals surface area contributed by atoms with Crippen molar-refractivity contribution in [1.82, 2.24) is 0 Å². The summed E-state index contributed by atoms with van der Waals surface area (Å²) in [5, 5.41) is 0. The molecular weight excluding hydrogens is 272 g/mol. The van der Waals surface area contributed by atoms with E-state index in [2.05, 4.69) is 14.8 Å². The highest BCUT2D eigenvalue weighted by Crippen LogP contribution is 2.28. The molecule has 0 unspecified atom stereocenters. The molecule has 0 aromatic rings. The van der Waals surface area contributed by atoms with Gasteiger partial charge in [0.15, 0.2) is 0 Å². The van der Waals surface area contributed by atoms with Gasteiger partial charge in [0.2, 0.25) is 17.6 Å². The number of rotatable bonds is 5. The second-order valence-electron chi connectivity index (χ2n) is 5.47. The quantitative estimate of drug-likeness (QED) is 0.437. The number of ether oxygens (including phenoxy) is 2. The second-order valence-corrected chi connectivity index (χ2v) is 5.47. The maximum atomic E-state index is 11.5. The lowest BCUT2D eigenvalue weighted by atomic mass is 9.91. The predicted molar refractivity (Wildman–Crippen MR) is 79.8 cm³/mol. The van der Waals surface area contributed by atoms with Crippen molar-refractivity contribution in [2.75, 3.05) is 14.2 Å². The second kappa shape index (κ2) is 7.13. The summed E-state index contributed by atoms with van der Waals surface area (Å²) in [4.78, 5) is 23.4. The van der Waals surface area contributed by atoms with Crippen LogP contribution >= 0.6 is 0 Å². The first-order valence-electron chi connectivity index (χ1n) is 6.84. The Morgan fingerprint density at radius 2 is 2.14 bits per heavy atom. The van der Waals surface area contributed by atoms with Crippen molar-refractivity contribution in [3.05, 3.63) is 5.53 Å². The van der Waals surface area contributed by atoms with E-state index < -0.39 is 5.54 Å². The average molecular weight is 294 g/mol. The van der Waals surface area contributed by atoms with Gasteiger partial charge in [0.05, 0.1) is 14.2 Å². The summed E-state index contributed by atoms with van der Waals surface area (Å²) in [6.45, 7) is 5.90. The van der Waals surface area contributed by atoms with Crippen molar-refractivity contribution in [1.29, 1.82) is 0 Å².